The van der Waals surface area contributed by atoms with Crippen molar-refractivity contribution in [2.24, 2.45) is 5.84 Å². The average molecular weight is 293 g/mol. The van der Waals surface area contributed by atoms with E-state index in [1.165, 1.54) is 17.7 Å². The Labute approximate surface area is 123 Å². The van der Waals surface area contributed by atoms with Crippen LogP contribution in [-0.4, -0.2) is 0 Å². The normalized spacial score (nSPS) is 12.4. The van der Waals surface area contributed by atoms with Gasteiger partial charge in [-0.25, -0.2) is 9.82 Å². The topological polar surface area (TPSA) is 38.0 Å². The van der Waals surface area contributed by atoms with Gasteiger partial charge in [0.05, 0.1) is 6.04 Å². The van der Waals surface area contributed by atoms with Gasteiger partial charge < -0.3 is 0 Å². The van der Waals surface area contributed by atoms with E-state index in [1.54, 1.807) is 6.07 Å². The number of hydrogen-bond donors (Lipinski definition) is 2. The first-order chi connectivity index (χ1) is 9.65. The molecule has 2 rings (SSSR count). The van der Waals surface area contributed by atoms with Gasteiger partial charge in [0.25, 0.3) is 0 Å². The van der Waals surface area contributed by atoms with Crippen molar-refractivity contribution in [2.75, 3.05) is 0 Å². The number of hydrogen-bond acceptors (Lipinski definition) is 2. The molecule has 2 nitrogen and oxygen atoms in total. The van der Waals surface area contributed by atoms with E-state index < -0.39 is 6.04 Å². The van der Waals surface area contributed by atoms with Crippen LogP contribution in [0.1, 0.15) is 36.1 Å². The minimum absolute atomic E-state index is 0.321. The van der Waals surface area contributed by atoms with Crippen molar-refractivity contribution in [3.8, 4) is 0 Å². The quantitative estimate of drug-likeness (QED) is 0.646. The molecule has 0 aliphatic heterocycles. The molecule has 3 N–H and O–H groups in total. The molecule has 0 spiro atoms. The van der Waals surface area contributed by atoms with Crippen molar-refractivity contribution >= 4 is 11.6 Å². The third-order valence-corrected chi connectivity index (χ3v) is 3.49. The molecule has 0 radical (unpaired) electrons. The molecule has 1 unspecified atom stereocenters. The first kappa shape index (κ1) is 15.0. The van der Waals surface area contributed by atoms with E-state index in [2.05, 4.69) is 18.4 Å². The molecule has 4 heteroatoms. The van der Waals surface area contributed by atoms with Crippen LogP contribution in [0.3, 0.4) is 0 Å². The van der Waals surface area contributed by atoms with Gasteiger partial charge in [0.1, 0.15) is 5.82 Å². The van der Waals surface area contributed by atoms with Gasteiger partial charge in [-0.15, -0.1) is 0 Å². The third-order valence-electron chi connectivity index (χ3n) is 3.26. The lowest BCUT2D eigenvalue weighted by Crippen LogP contribution is -2.29. The van der Waals surface area contributed by atoms with Crippen LogP contribution in [0.4, 0.5) is 4.39 Å². The number of nitrogens with two attached hydrogens (primary N) is 1. The highest BCUT2D eigenvalue weighted by molar-refractivity contribution is 6.30. The minimum atomic E-state index is -0.412. The van der Waals surface area contributed by atoms with Crippen LogP contribution < -0.4 is 11.3 Å². The van der Waals surface area contributed by atoms with Crippen molar-refractivity contribution < 1.29 is 4.39 Å². The Bertz CT molecular complexity index is 586. The molecule has 0 aromatic heterocycles. The van der Waals surface area contributed by atoms with E-state index in [9.17, 15) is 4.39 Å². The molecule has 0 aliphatic carbocycles. The second kappa shape index (κ2) is 6.84. The van der Waals surface area contributed by atoms with Crippen LogP contribution in [-0.2, 0) is 6.42 Å². The maximum atomic E-state index is 14.0. The zero-order valence-corrected chi connectivity index (χ0v) is 12.1. The Morgan fingerprint density at radius 1 is 1.25 bits per heavy atom. The fourth-order valence-electron chi connectivity index (χ4n) is 2.32. The molecule has 0 aliphatic rings. The zero-order chi connectivity index (χ0) is 14.5. The summed E-state index contributed by atoms with van der Waals surface area (Å²) in [6, 6.07) is 12.1. The largest absolute Gasteiger partial charge is 0.271 e. The molecular formula is C16H18ClFN2. The Morgan fingerprint density at radius 3 is 2.75 bits per heavy atom. The second-order valence-electron chi connectivity index (χ2n) is 4.76. The summed E-state index contributed by atoms with van der Waals surface area (Å²) in [7, 11) is 0. The summed E-state index contributed by atoms with van der Waals surface area (Å²) >= 11 is 5.95. The molecule has 0 fully saturated rings. The van der Waals surface area contributed by atoms with E-state index in [0.717, 1.165) is 18.4 Å². The van der Waals surface area contributed by atoms with Gasteiger partial charge in [-0.3, -0.25) is 5.84 Å². The molecule has 0 bridgehead atoms. The maximum absolute atomic E-state index is 14.0. The van der Waals surface area contributed by atoms with Crippen LogP contribution >= 0.6 is 11.6 Å². The zero-order valence-electron chi connectivity index (χ0n) is 11.4. The van der Waals surface area contributed by atoms with E-state index in [-0.39, 0.29) is 5.82 Å². The van der Waals surface area contributed by atoms with Crippen molar-refractivity contribution in [3.05, 3.63) is 70.0 Å². The van der Waals surface area contributed by atoms with Crippen LogP contribution in [0.5, 0.6) is 0 Å². The highest BCUT2D eigenvalue weighted by Gasteiger charge is 2.17. The molecule has 0 amide bonds. The highest BCUT2D eigenvalue weighted by atomic mass is 35.5. The Kier molecular flexibility index (Phi) is 5.12. The molecular weight excluding hydrogens is 275 g/mol. The Balaban J connectivity index is 2.41. The van der Waals surface area contributed by atoms with E-state index >= 15 is 0 Å². The van der Waals surface area contributed by atoms with Crippen molar-refractivity contribution in [3.63, 3.8) is 0 Å². The van der Waals surface area contributed by atoms with Gasteiger partial charge >= 0.3 is 0 Å². The Morgan fingerprint density at radius 2 is 2.05 bits per heavy atom. The fourth-order valence-corrected chi connectivity index (χ4v) is 2.50. The lowest BCUT2D eigenvalue weighted by molar-refractivity contribution is 0.560. The first-order valence-corrected chi connectivity index (χ1v) is 7.03. The van der Waals surface area contributed by atoms with Crippen LogP contribution in [0, 0.1) is 5.82 Å². The molecule has 20 heavy (non-hydrogen) atoms. The standard InChI is InChI=1S/C16H18ClFN2/c1-2-4-11-5-3-6-12(9-11)16(20-19)14-10-13(17)7-8-15(14)18/h3,5-10,16,20H,2,4,19H2,1H3. The maximum Gasteiger partial charge on any atom is 0.128 e. The van der Waals surface area contributed by atoms with Gasteiger partial charge in [0, 0.05) is 10.6 Å². The summed E-state index contributed by atoms with van der Waals surface area (Å²) in [6.07, 6.45) is 2.05. The SMILES string of the molecule is CCCc1cccc(C(NN)c2cc(Cl)ccc2F)c1. The summed E-state index contributed by atoms with van der Waals surface area (Å²) < 4.78 is 14.0. The van der Waals surface area contributed by atoms with E-state index in [1.807, 2.05) is 18.2 Å². The van der Waals surface area contributed by atoms with Crippen molar-refractivity contribution in [1.82, 2.24) is 5.43 Å². The molecule has 2 aromatic rings. The minimum Gasteiger partial charge on any atom is -0.271 e. The fraction of sp³-hybridized carbons (Fsp3) is 0.250. The molecule has 0 saturated carbocycles. The van der Waals surface area contributed by atoms with Gasteiger partial charge in [-0.2, -0.15) is 0 Å². The molecule has 1 atom stereocenters. The van der Waals surface area contributed by atoms with Crippen LogP contribution in [0.15, 0.2) is 42.5 Å². The monoisotopic (exact) mass is 292 g/mol. The number of benzene rings is 2. The van der Waals surface area contributed by atoms with Gasteiger partial charge in [-0.05, 0) is 35.7 Å². The summed E-state index contributed by atoms with van der Waals surface area (Å²) in [6.45, 7) is 2.13. The number of rotatable bonds is 5. The van der Waals surface area contributed by atoms with Crippen LogP contribution in [0.25, 0.3) is 0 Å². The van der Waals surface area contributed by atoms with Gasteiger partial charge in [-0.1, -0.05) is 49.2 Å². The predicted molar refractivity (Wildman–Crippen MR) is 81.0 cm³/mol. The number of hydrazine groups is 1. The first-order valence-electron chi connectivity index (χ1n) is 6.65. The summed E-state index contributed by atoms with van der Waals surface area (Å²) in [4.78, 5) is 0. The molecule has 2 aromatic carbocycles. The molecule has 0 saturated heterocycles. The van der Waals surface area contributed by atoms with Gasteiger partial charge in [0.2, 0.25) is 0 Å². The highest BCUT2D eigenvalue weighted by Crippen LogP contribution is 2.27. The van der Waals surface area contributed by atoms with Gasteiger partial charge in [0.15, 0.2) is 0 Å². The molecule has 0 heterocycles. The third kappa shape index (κ3) is 3.37. The molecule has 106 valence electrons. The summed E-state index contributed by atoms with van der Waals surface area (Å²) in [5.41, 5.74) is 5.27. The lowest BCUT2D eigenvalue weighted by atomic mass is 9.96. The smallest absolute Gasteiger partial charge is 0.128 e. The average Bonchev–Trinajstić information content (AvgIpc) is 2.44. The van der Waals surface area contributed by atoms with Crippen LogP contribution in [0.2, 0.25) is 5.02 Å². The predicted octanol–water partition coefficient (Wildman–Crippen LogP) is 3.98. The Hall–Kier alpha value is -1.42. The lowest BCUT2D eigenvalue weighted by Gasteiger charge is -2.18. The number of aryl methyl sites for hydroxylation is 1. The van der Waals surface area contributed by atoms with E-state index in [0.29, 0.717) is 10.6 Å². The van der Waals surface area contributed by atoms with Crippen molar-refractivity contribution in [1.29, 1.82) is 0 Å². The second-order valence-corrected chi connectivity index (χ2v) is 5.20. The van der Waals surface area contributed by atoms with Crippen molar-refractivity contribution in [2.45, 2.75) is 25.8 Å². The summed E-state index contributed by atoms with van der Waals surface area (Å²) in [5.74, 6) is 5.30. The number of halogens is 2. The number of nitrogens with one attached hydrogen (secondary N) is 1. The summed E-state index contributed by atoms with van der Waals surface area (Å²) in [5, 5.41) is 0.492. The van der Waals surface area contributed by atoms with E-state index in [4.69, 9.17) is 17.4 Å².